The average molecular weight is 285 g/mol. The number of nitrogens with zero attached hydrogens (tertiary/aromatic N) is 2. The first kappa shape index (κ1) is 15.9. The summed E-state index contributed by atoms with van der Waals surface area (Å²) in [7, 11) is 0. The SMILES string of the molecule is CCCNCc1ccc(N2CCCC(CC)C2)c(C#N)c1. The van der Waals surface area contributed by atoms with E-state index in [9.17, 15) is 5.26 Å². The first-order chi connectivity index (χ1) is 10.3. The molecule has 21 heavy (non-hydrogen) atoms. The molecule has 0 saturated carbocycles. The van der Waals surface area contributed by atoms with Crippen molar-refractivity contribution in [2.75, 3.05) is 24.5 Å². The van der Waals surface area contributed by atoms with Crippen molar-refractivity contribution in [3.63, 3.8) is 0 Å². The lowest BCUT2D eigenvalue weighted by atomic mass is 9.94. The van der Waals surface area contributed by atoms with Crippen LogP contribution in [0.25, 0.3) is 0 Å². The first-order valence-electron chi connectivity index (χ1n) is 8.27. The van der Waals surface area contributed by atoms with Gasteiger partial charge in [-0.25, -0.2) is 0 Å². The van der Waals surface area contributed by atoms with Crippen LogP contribution in [0.4, 0.5) is 5.69 Å². The highest BCUT2D eigenvalue weighted by molar-refractivity contribution is 5.60. The van der Waals surface area contributed by atoms with Gasteiger partial charge in [0, 0.05) is 19.6 Å². The largest absolute Gasteiger partial charge is 0.370 e. The lowest BCUT2D eigenvalue weighted by Gasteiger charge is -2.34. The number of hydrogen-bond donors (Lipinski definition) is 1. The highest BCUT2D eigenvalue weighted by Gasteiger charge is 2.20. The molecule has 1 aromatic carbocycles. The van der Waals surface area contributed by atoms with E-state index in [1.54, 1.807) is 0 Å². The van der Waals surface area contributed by atoms with Gasteiger partial charge in [-0.1, -0.05) is 26.3 Å². The molecule has 1 fully saturated rings. The van der Waals surface area contributed by atoms with Crippen molar-refractivity contribution in [3.05, 3.63) is 29.3 Å². The number of nitrogens with one attached hydrogen (secondary N) is 1. The molecule has 3 heteroatoms. The minimum atomic E-state index is 0.774. The number of rotatable bonds is 6. The molecular formula is C18H27N3. The van der Waals surface area contributed by atoms with Crippen molar-refractivity contribution in [1.82, 2.24) is 5.32 Å². The van der Waals surface area contributed by atoms with Crippen molar-refractivity contribution < 1.29 is 0 Å². The predicted molar refractivity (Wildman–Crippen MR) is 88.4 cm³/mol. The van der Waals surface area contributed by atoms with E-state index in [-0.39, 0.29) is 0 Å². The zero-order valence-corrected chi connectivity index (χ0v) is 13.4. The number of benzene rings is 1. The van der Waals surface area contributed by atoms with Crippen LogP contribution < -0.4 is 10.2 Å². The molecule has 1 heterocycles. The van der Waals surface area contributed by atoms with E-state index in [1.807, 2.05) is 6.07 Å². The number of anilines is 1. The van der Waals surface area contributed by atoms with Crippen LogP contribution in [-0.2, 0) is 6.54 Å². The molecule has 0 spiro atoms. The molecule has 0 amide bonds. The van der Waals surface area contributed by atoms with Gasteiger partial charge in [-0.05, 0) is 49.4 Å². The molecule has 1 saturated heterocycles. The lowest BCUT2D eigenvalue weighted by molar-refractivity contribution is 0.404. The van der Waals surface area contributed by atoms with E-state index in [4.69, 9.17) is 0 Å². The summed E-state index contributed by atoms with van der Waals surface area (Å²) in [5, 5.41) is 12.9. The number of nitriles is 1. The van der Waals surface area contributed by atoms with Gasteiger partial charge in [-0.3, -0.25) is 0 Å². The van der Waals surface area contributed by atoms with Gasteiger partial charge in [0.2, 0.25) is 0 Å². The van der Waals surface area contributed by atoms with Crippen LogP contribution in [0.1, 0.15) is 50.7 Å². The van der Waals surface area contributed by atoms with E-state index >= 15 is 0 Å². The van der Waals surface area contributed by atoms with Gasteiger partial charge in [-0.2, -0.15) is 5.26 Å². The molecule has 1 aliphatic heterocycles. The molecule has 2 rings (SSSR count). The molecule has 1 unspecified atom stereocenters. The summed E-state index contributed by atoms with van der Waals surface area (Å²) in [6, 6.07) is 8.74. The van der Waals surface area contributed by atoms with Crippen molar-refractivity contribution >= 4 is 5.69 Å². The predicted octanol–water partition coefficient (Wildman–Crippen LogP) is 3.68. The summed E-state index contributed by atoms with van der Waals surface area (Å²) in [5.41, 5.74) is 3.14. The molecule has 1 aliphatic rings. The van der Waals surface area contributed by atoms with Gasteiger partial charge in [-0.15, -0.1) is 0 Å². The maximum Gasteiger partial charge on any atom is 0.101 e. The second-order valence-corrected chi connectivity index (χ2v) is 6.00. The zero-order chi connectivity index (χ0) is 15.1. The van der Waals surface area contributed by atoms with Gasteiger partial charge in [0.1, 0.15) is 6.07 Å². The normalized spacial score (nSPS) is 18.5. The Balaban J connectivity index is 2.10. The van der Waals surface area contributed by atoms with Gasteiger partial charge < -0.3 is 10.2 Å². The Morgan fingerprint density at radius 1 is 1.38 bits per heavy atom. The van der Waals surface area contributed by atoms with E-state index in [0.29, 0.717) is 0 Å². The van der Waals surface area contributed by atoms with Crippen molar-refractivity contribution in [2.45, 2.75) is 46.1 Å². The summed E-state index contributed by atoms with van der Waals surface area (Å²) >= 11 is 0. The van der Waals surface area contributed by atoms with E-state index in [1.165, 1.54) is 24.8 Å². The summed E-state index contributed by atoms with van der Waals surface area (Å²) in [4.78, 5) is 2.40. The third kappa shape index (κ3) is 4.22. The second kappa shape index (κ2) is 8.05. The van der Waals surface area contributed by atoms with Crippen molar-refractivity contribution in [2.24, 2.45) is 5.92 Å². The fourth-order valence-corrected chi connectivity index (χ4v) is 3.09. The van der Waals surface area contributed by atoms with E-state index in [2.05, 4.69) is 42.3 Å². The van der Waals surface area contributed by atoms with Gasteiger partial charge in [0.25, 0.3) is 0 Å². The third-order valence-corrected chi connectivity index (χ3v) is 4.37. The number of hydrogen-bond acceptors (Lipinski definition) is 3. The highest BCUT2D eigenvalue weighted by atomic mass is 15.1. The van der Waals surface area contributed by atoms with Crippen LogP contribution in [0.5, 0.6) is 0 Å². The van der Waals surface area contributed by atoms with Crippen LogP contribution in [0.2, 0.25) is 0 Å². The summed E-state index contributed by atoms with van der Waals surface area (Å²) in [5.74, 6) is 0.774. The van der Waals surface area contributed by atoms with Crippen molar-refractivity contribution in [1.29, 1.82) is 5.26 Å². The molecule has 0 bridgehead atoms. The molecule has 0 radical (unpaired) electrons. The third-order valence-electron chi connectivity index (χ3n) is 4.37. The quantitative estimate of drug-likeness (QED) is 0.810. The Bertz CT molecular complexity index is 490. The Hall–Kier alpha value is -1.53. The van der Waals surface area contributed by atoms with Crippen LogP contribution in [-0.4, -0.2) is 19.6 Å². The fourth-order valence-electron chi connectivity index (χ4n) is 3.09. The Labute approximate surface area is 129 Å². The molecular weight excluding hydrogens is 258 g/mol. The summed E-state index contributed by atoms with van der Waals surface area (Å²) in [6.07, 6.45) is 4.93. The van der Waals surface area contributed by atoms with Gasteiger partial charge >= 0.3 is 0 Å². The van der Waals surface area contributed by atoms with Crippen LogP contribution in [0.15, 0.2) is 18.2 Å². The lowest BCUT2D eigenvalue weighted by Crippen LogP contribution is -2.35. The topological polar surface area (TPSA) is 39.1 Å². The van der Waals surface area contributed by atoms with Gasteiger partial charge in [0.05, 0.1) is 11.3 Å². The molecule has 0 aliphatic carbocycles. The monoisotopic (exact) mass is 285 g/mol. The Kier molecular flexibility index (Phi) is 6.07. The average Bonchev–Trinajstić information content (AvgIpc) is 2.55. The Morgan fingerprint density at radius 3 is 2.95 bits per heavy atom. The molecule has 0 aromatic heterocycles. The van der Waals surface area contributed by atoms with Crippen molar-refractivity contribution in [3.8, 4) is 6.07 Å². The maximum atomic E-state index is 9.47. The van der Waals surface area contributed by atoms with E-state index in [0.717, 1.165) is 49.8 Å². The molecule has 1 aromatic rings. The molecule has 1 N–H and O–H groups in total. The summed E-state index contributed by atoms with van der Waals surface area (Å²) in [6.45, 7) is 8.48. The van der Waals surface area contributed by atoms with Gasteiger partial charge in [0.15, 0.2) is 0 Å². The maximum absolute atomic E-state index is 9.47. The second-order valence-electron chi connectivity index (χ2n) is 6.00. The standard InChI is InChI=1S/C18H27N3/c1-3-9-20-13-16-7-8-18(17(11-16)12-19)21-10-5-6-15(4-2)14-21/h7-8,11,15,20H,3-6,9-10,13-14H2,1-2H3. The molecule has 1 atom stereocenters. The molecule has 114 valence electrons. The van der Waals surface area contributed by atoms with Crippen LogP contribution in [0.3, 0.4) is 0 Å². The summed E-state index contributed by atoms with van der Waals surface area (Å²) < 4.78 is 0. The van der Waals surface area contributed by atoms with Crippen LogP contribution >= 0.6 is 0 Å². The fraction of sp³-hybridized carbons (Fsp3) is 0.611. The van der Waals surface area contributed by atoms with Crippen LogP contribution in [0, 0.1) is 17.2 Å². The highest BCUT2D eigenvalue weighted by Crippen LogP contribution is 2.28. The zero-order valence-electron chi connectivity index (χ0n) is 13.4. The first-order valence-corrected chi connectivity index (χ1v) is 8.27. The Morgan fingerprint density at radius 2 is 2.24 bits per heavy atom. The van der Waals surface area contributed by atoms with E-state index < -0.39 is 0 Å². The minimum Gasteiger partial charge on any atom is -0.370 e. The molecule has 3 nitrogen and oxygen atoms in total. The number of piperidine rings is 1. The smallest absolute Gasteiger partial charge is 0.101 e. The minimum absolute atomic E-state index is 0.774.